The molecular formula is C14H16N2O. The van der Waals surface area contributed by atoms with E-state index in [1.807, 2.05) is 29.2 Å². The second-order valence-corrected chi connectivity index (χ2v) is 4.05. The second-order valence-electron chi connectivity index (χ2n) is 4.05. The highest BCUT2D eigenvalue weighted by Crippen LogP contribution is 2.15. The predicted octanol–water partition coefficient (Wildman–Crippen LogP) is 1.23. The molecule has 0 aliphatic carbocycles. The Morgan fingerprint density at radius 1 is 1.29 bits per heavy atom. The molecule has 3 heteroatoms. The Kier molecular flexibility index (Phi) is 3.79. The molecule has 17 heavy (non-hydrogen) atoms. The Morgan fingerprint density at radius 2 is 2.00 bits per heavy atom. The van der Waals surface area contributed by atoms with E-state index in [1.165, 1.54) is 0 Å². The number of nitrogens with two attached hydrogens (primary N) is 1. The lowest BCUT2D eigenvalue weighted by Crippen LogP contribution is -2.28. The predicted molar refractivity (Wildman–Crippen MR) is 67.5 cm³/mol. The summed E-state index contributed by atoms with van der Waals surface area (Å²) in [5.74, 6) is 5.84. The highest BCUT2D eigenvalue weighted by atomic mass is 16.2. The van der Waals surface area contributed by atoms with Gasteiger partial charge in [-0.2, -0.15) is 0 Å². The average molecular weight is 228 g/mol. The number of carbonyl (C=O) groups excluding carboxylic acids is 1. The zero-order valence-electron chi connectivity index (χ0n) is 9.78. The average Bonchev–Trinajstić information content (AvgIpc) is 2.89. The maximum absolute atomic E-state index is 12.3. The summed E-state index contributed by atoms with van der Waals surface area (Å²) in [7, 11) is 0. The van der Waals surface area contributed by atoms with Gasteiger partial charge in [0.1, 0.15) is 0 Å². The summed E-state index contributed by atoms with van der Waals surface area (Å²) in [6.45, 7) is 2.03. The lowest BCUT2D eigenvalue weighted by Gasteiger charge is -2.16. The van der Waals surface area contributed by atoms with Gasteiger partial charge in [-0.25, -0.2) is 0 Å². The van der Waals surface area contributed by atoms with Crippen LogP contribution in [0.3, 0.4) is 0 Å². The van der Waals surface area contributed by atoms with E-state index in [0.717, 1.165) is 31.5 Å². The summed E-state index contributed by atoms with van der Waals surface area (Å²) in [6.07, 6.45) is 2.20. The number of amides is 1. The molecule has 0 unspecified atom stereocenters. The molecular weight excluding hydrogens is 212 g/mol. The fourth-order valence-electron chi connectivity index (χ4n) is 2.02. The van der Waals surface area contributed by atoms with Crippen LogP contribution in [0.25, 0.3) is 0 Å². The SMILES string of the molecule is NCC#Cc1ccccc1C(=O)N1CCCC1. The van der Waals surface area contributed by atoms with Crippen molar-refractivity contribution in [3.05, 3.63) is 35.4 Å². The molecule has 1 heterocycles. The van der Waals surface area contributed by atoms with Crippen LogP contribution in [-0.4, -0.2) is 30.4 Å². The van der Waals surface area contributed by atoms with Crippen LogP contribution in [0.15, 0.2) is 24.3 Å². The number of rotatable bonds is 1. The van der Waals surface area contributed by atoms with Crippen molar-refractivity contribution >= 4 is 5.91 Å². The molecule has 0 saturated carbocycles. The Hall–Kier alpha value is -1.79. The normalized spacial score (nSPS) is 14.3. The van der Waals surface area contributed by atoms with E-state index in [0.29, 0.717) is 12.1 Å². The third-order valence-electron chi connectivity index (χ3n) is 2.88. The first kappa shape index (κ1) is 11.7. The van der Waals surface area contributed by atoms with E-state index in [4.69, 9.17) is 5.73 Å². The number of nitrogens with zero attached hydrogens (tertiary/aromatic N) is 1. The molecule has 0 radical (unpaired) electrons. The summed E-state index contributed by atoms with van der Waals surface area (Å²) < 4.78 is 0. The third-order valence-corrected chi connectivity index (χ3v) is 2.88. The fourth-order valence-corrected chi connectivity index (χ4v) is 2.02. The molecule has 88 valence electrons. The summed E-state index contributed by atoms with van der Waals surface area (Å²) in [5, 5.41) is 0. The zero-order chi connectivity index (χ0) is 12.1. The monoisotopic (exact) mass is 228 g/mol. The van der Waals surface area contributed by atoms with Gasteiger partial charge in [0.25, 0.3) is 5.91 Å². The van der Waals surface area contributed by atoms with Crippen molar-refractivity contribution in [2.75, 3.05) is 19.6 Å². The van der Waals surface area contributed by atoms with Gasteiger partial charge < -0.3 is 10.6 Å². The van der Waals surface area contributed by atoms with E-state index >= 15 is 0 Å². The molecule has 1 aliphatic rings. The quantitative estimate of drug-likeness (QED) is 0.735. The first-order valence-corrected chi connectivity index (χ1v) is 5.90. The Morgan fingerprint density at radius 3 is 2.71 bits per heavy atom. The molecule has 3 nitrogen and oxygen atoms in total. The molecule has 1 aromatic rings. The maximum Gasteiger partial charge on any atom is 0.255 e. The van der Waals surface area contributed by atoms with Gasteiger partial charge in [0, 0.05) is 18.7 Å². The van der Waals surface area contributed by atoms with Crippen LogP contribution in [0.5, 0.6) is 0 Å². The van der Waals surface area contributed by atoms with Gasteiger partial charge in [-0.1, -0.05) is 24.0 Å². The standard InChI is InChI=1S/C14H16N2O/c15-9-5-7-12-6-1-2-8-13(12)14(17)16-10-3-4-11-16/h1-2,6,8H,3-4,9-11,15H2. The third kappa shape index (κ3) is 2.66. The van der Waals surface area contributed by atoms with E-state index < -0.39 is 0 Å². The molecule has 1 aromatic carbocycles. The van der Waals surface area contributed by atoms with Crippen molar-refractivity contribution in [3.8, 4) is 11.8 Å². The summed E-state index contributed by atoms with van der Waals surface area (Å²) in [6, 6.07) is 7.46. The minimum Gasteiger partial charge on any atom is -0.339 e. The number of benzene rings is 1. The maximum atomic E-state index is 12.3. The fraction of sp³-hybridized carbons (Fsp3) is 0.357. The minimum atomic E-state index is 0.0874. The van der Waals surface area contributed by atoms with Crippen LogP contribution >= 0.6 is 0 Å². The number of likely N-dealkylation sites (tertiary alicyclic amines) is 1. The lowest BCUT2D eigenvalue weighted by atomic mass is 10.1. The van der Waals surface area contributed by atoms with Crippen LogP contribution in [-0.2, 0) is 0 Å². The number of hydrogen-bond donors (Lipinski definition) is 1. The second kappa shape index (κ2) is 5.51. The van der Waals surface area contributed by atoms with Crippen LogP contribution < -0.4 is 5.73 Å². The van der Waals surface area contributed by atoms with Gasteiger partial charge in [-0.3, -0.25) is 4.79 Å². The van der Waals surface area contributed by atoms with E-state index in [-0.39, 0.29) is 5.91 Å². The molecule has 2 rings (SSSR count). The smallest absolute Gasteiger partial charge is 0.255 e. The zero-order valence-corrected chi connectivity index (χ0v) is 9.78. The molecule has 0 bridgehead atoms. The molecule has 0 aromatic heterocycles. The Bertz CT molecular complexity index is 465. The van der Waals surface area contributed by atoms with E-state index in [1.54, 1.807) is 0 Å². The molecule has 0 spiro atoms. The molecule has 1 aliphatic heterocycles. The Balaban J connectivity index is 2.27. The summed E-state index contributed by atoms with van der Waals surface area (Å²) in [5.41, 5.74) is 6.82. The highest BCUT2D eigenvalue weighted by molar-refractivity contribution is 5.96. The van der Waals surface area contributed by atoms with Crippen molar-refractivity contribution in [1.29, 1.82) is 0 Å². The van der Waals surface area contributed by atoms with E-state index in [9.17, 15) is 4.79 Å². The highest BCUT2D eigenvalue weighted by Gasteiger charge is 2.20. The van der Waals surface area contributed by atoms with Gasteiger partial charge >= 0.3 is 0 Å². The summed E-state index contributed by atoms with van der Waals surface area (Å²) in [4.78, 5) is 14.1. The topological polar surface area (TPSA) is 46.3 Å². The lowest BCUT2D eigenvalue weighted by molar-refractivity contribution is 0.0792. The number of carbonyl (C=O) groups is 1. The Labute approximate surface area is 102 Å². The largest absolute Gasteiger partial charge is 0.339 e. The number of hydrogen-bond acceptors (Lipinski definition) is 2. The van der Waals surface area contributed by atoms with Crippen molar-refractivity contribution in [2.24, 2.45) is 5.73 Å². The first-order chi connectivity index (χ1) is 8.33. The van der Waals surface area contributed by atoms with Gasteiger partial charge in [0.05, 0.1) is 12.1 Å². The summed E-state index contributed by atoms with van der Waals surface area (Å²) >= 11 is 0. The molecule has 1 fully saturated rings. The van der Waals surface area contributed by atoms with Crippen LogP contribution in [0.4, 0.5) is 0 Å². The van der Waals surface area contributed by atoms with Crippen LogP contribution in [0, 0.1) is 11.8 Å². The van der Waals surface area contributed by atoms with E-state index in [2.05, 4.69) is 11.8 Å². The molecule has 1 saturated heterocycles. The first-order valence-electron chi connectivity index (χ1n) is 5.90. The van der Waals surface area contributed by atoms with Crippen molar-refractivity contribution in [2.45, 2.75) is 12.8 Å². The van der Waals surface area contributed by atoms with Crippen molar-refractivity contribution in [3.63, 3.8) is 0 Å². The molecule has 0 atom stereocenters. The minimum absolute atomic E-state index is 0.0874. The van der Waals surface area contributed by atoms with Crippen LogP contribution in [0.1, 0.15) is 28.8 Å². The van der Waals surface area contributed by atoms with Crippen LogP contribution in [0.2, 0.25) is 0 Å². The molecule has 1 amide bonds. The van der Waals surface area contributed by atoms with Gasteiger partial charge in [-0.05, 0) is 25.0 Å². The van der Waals surface area contributed by atoms with Gasteiger partial charge in [-0.15, -0.1) is 0 Å². The van der Waals surface area contributed by atoms with Gasteiger partial charge in [0.15, 0.2) is 0 Å². The van der Waals surface area contributed by atoms with Gasteiger partial charge in [0.2, 0.25) is 0 Å². The van der Waals surface area contributed by atoms with Crippen molar-refractivity contribution in [1.82, 2.24) is 4.90 Å². The van der Waals surface area contributed by atoms with Crippen molar-refractivity contribution < 1.29 is 4.79 Å². The molecule has 2 N–H and O–H groups in total.